The van der Waals surface area contributed by atoms with E-state index in [0.29, 0.717) is 10.6 Å². The van der Waals surface area contributed by atoms with E-state index in [4.69, 9.17) is 5.73 Å². The summed E-state index contributed by atoms with van der Waals surface area (Å²) in [5.41, 5.74) is 6.50. The third kappa shape index (κ3) is 3.52. The molecule has 0 fully saturated rings. The average molecular weight is 308 g/mol. The fourth-order valence-corrected chi connectivity index (χ4v) is 2.73. The standard InChI is InChI=1S/C13H20N6OS/c1-4-6-18(3)13-17-11(14)10(21-13)12(20)16-9-7-15-19(5-2)8-9/h7-8H,4-6,14H2,1-3H3,(H,16,20). The fourth-order valence-electron chi connectivity index (χ4n) is 1.87. The van der Waals surface area contributed by atoms with Crippen LogP contribution < -0.4 is 16.0 Å². The summed E-state index contributed by atoms with van der Waals surface area (Å²) < 4.78 is 1.74. The van der Waals surface area contributed by atoms with E-state index in [0.717, 1.165) is 24.6 Å². The largest absolute Gasteiger partial charge is 0.382 e. The highest BCUT2D eigenvalue weighted by atomic mass is 32.1. The number of nitrogens with one attached hydrogen (secondary N) is 1. The molecule has 114 valence electrons. The van der Waals surface area contributed by atoms with Crippen molar-refractivity contribution in [3.63, 3.8) is 0 Å². The number of carbonyl (C=O) groups excluding carboxylic acids is 1. The second-order valence-corrected chi connectivity index (χ2v) is 5.65. The molecule has 7 nitrogen and oxygen atoms in total. The summed E-state index contributed by atoms with van der Waals surface area (Å²) in [6.07, 6.45) is 4.40. The van der Waals surface area contributed by atoms with Crippen LogP contribution in [0.15, 0.2) is 12.4 Å². The summed E-state index contributed by atoms with van der Waals surface area (Å²) in [6.45, 7) is 5.70. The molecule has 0 radical (unpaired) electrons. The number of aryl methyl sites for hydroxylation is 1. The van der Waals surface area contributed by atoms with Crippen LogP contribution >= 0.6 is 11.3 Å². The highest BCUT2D eigenvalue weighted by molar-refractivity contribution is 7.18. The molecule has 0 spiro atoms. The van der Waals surface area contributed by atoms with Crippen molar-refractivity contribution in [1.29, 1.82) is 0 Å². The molecule has 0 atom stereocenters. The molecule has 0 bridgehead atoms. The maximum absolute atomic E-state index is 12.3. The zero-order chi connectivity index (χ0) is 15.4. The second-order valence-electron chi connectivity index (χ2n) is 4.67. The highest BCUT2D eigenvalue weighted by Gasteiger charge is 2.18. The molecular weight excluding hydrogens is 288 g/mol. The van der Waals surface area contributed by atoms with Gasteiger partial charge in [0.05, 0.1) is 11.9 Å². The number of thiazole rings is 1. The minimum Gasteiger partial charge on any atom is -0.382 e. The first kappa shape index (κ1) is 15.3. The fraction of sp³-hybridized carbons (Fsp3) is 0.462. The van der Waals surface area contributed by atoms with Gasteiger partial charge in [0, 0.05) is 26.3 Å². The van der Waals surface area contributed by atoms with E-state index in [1.165, 1.54) is 11.3 Å². The molecule has 0 saturated heterocycles. The van der Waals surface area contributed by atoms with Gasteiger partial charge in [0.25, 0.3) is 5.91 Å². The molecule has 0 saturated carbocycles. The molecule has 0 aliphatic carbocycles. The van der Waals surface area contributed by atoms with Crippen LogP contribution in [0.4, 0.5) is 16.6 Å². The molecule has 0 unspecified atom stereocenters. The highest BCUT2D eigenvalue weighted by Crippen LogP contribution is 2.28. The predicted molar refractivity (Wildman–Crippen MR) is 85.9 cm³/mol. The van der Waals surface area contributed by atoms with Gasteiger partial charge in [-0.1, -0.05) is 18.3 Å². The summed E-state index contributed by atoms with van der Waals surface area (Å²) in [5.74, 6) is 0.00939. The number of rotatable bonds is 6. The lowest BCUT2D eigenvalue weighted by atomic mass is 10.4. The molecule has 2 aromatic heterocycles. The normalized spacial score (nSPS) is 10.6. The van der Waals surface area contributed by atoms with Gasteiger partial charge in [-0.2, -0.15) is 5.10 Å². The van der Waals surface area contributed by atoms with Crippen LogP contribution in [0.2, 0.25) is 0 Å². The van der Waals surface area contributed by atoms with Gasteiger partial charge in [0.15, 0.2) is 5.13 Å². The molecule has 2 heterocycles. The molecule has 2 aromatic rings. The molecular formula is C13H20N6OS. The number of aromatic nitrogens is 3. The lowest BCUT2D eigenvalue weighted by Gasteiger charge is -2.13. The lowest BCUT2D eigenvalue weighted by Crippen LogP contribution is -2.17. The Balaban J connectivity index is 2.11. The number of anilines is 3. The topological polar surface area (TPSA) is 89.1 Å². The zero-order valence-corrected chi connectivity index (χ0v) is 13.3. The van der Waals surface area contributed by atoms with Crippen molar-refractivity contribution in [1.82, 2.24) is 14.8 Å². The Morgan fingerprint density at radius 3 is 2.90 bits per heavy atom. The monoisotopic (exact) mass is 308 g/mol. The van der Waals surface area contributed by atoms with Gasteiger partial charge < -0.3 is 16.0 Å². The maximum Gasteiger partial charge on any atom is 0.269 e. The quantitative estimate of drug-likeness (QED) is 0.852. The molecule has 3 N–H and O–H groups in total. The second kappa shape index (κ2) is 6.57. The van der Waals surface area contributed by atoms with Gasteiger partial charge in [0.2, 0.25) is 0 Å². The Labute approximate surface area is 127 Å². The Morgan fingerprint density at radius 2 is 2.29 bits per heavy atom. The Kier molecular flexibility index (Phi) is 4.79. The number of amides is 1. The van der Waals surface area contributed by atoms with Gasteiger partial charge in [-0.05, 0) is 13.3 Å². The van der Waals surface area contributed by atoms with Gasteiger partial charge in [0.1, 0.15) is 10.7 Å². The van der Waals surface area contributed by atoms with Crippen LogP contribution in [-0.4, -0.2) is 34.3 Å². The molecule has 1 amide bonds. The van der Waals surface area contributed by atoms with Crippen LogP contribution in [0.5, 0.6) is 0 Å². The van der Waals surface area contributed by atoms with E-state index in [2.05, 4.69) is 22.3 Å². The smallest absolute Gasteiger partial charge is 0.269 e. The minimum absolute atomic E-state index is 0.253. The summed E-state index contributed by atoms with van der Waals surface area (Å²) in [5, 5.41) is 7.65. The van der Waals surface area contributed by atoms with E-state index >= 15 is 0 Å². The Bertz CT molecular complexity index is 620. The molecule has 2 rings (SSSR count). The van der Waals surface area contributed by atoms with Crippen LogP contribution in [0.25, 0.3) is 0 Å². The van der Waals surface area contributed by atoms with Gasteiger partial charge in [-0.15, -0.1) is 0 Å². The number of nitrogens with zero attached hydrogens (tertiary/aromatic N) is 4. The number of carbonyl (C=O) groups is 1. The first-order chi connectivity index (χ1) is 10.0. The Morgan fingerprint density at radius 1 is 1.52 bits per heavy atom. The number of hydrogen-bond donors (Lipinski definition) is 2. The average Bonchev–Trinajstić information content (AvgIpc) is 3.05. The van der Waals surface area contributed by atoms with Crippen LogP contribution in [0, 0.1) is 0 Å². The van der Waals surface area contributed by atoms with Crippen molar-refractivity contribution in [3.8, 4) is 0 Å². The number of nitrogen functional groups attached to an aromatic ring is 1. The van der Waals surface area contributed by atoms with E-state index in [1.807, 2.05) is 18.9 Å². The first-order valence-corrected chi connectivity index (χ1v) is 7.68. The van der Waals surface area contributed by atoms with E-state index in [-0.39, 0.29) is 11.7 Å². The third-order valence-corrected chi connectivity index (χ3v) is 4.13. The van der Waals surface area contributed by atoms with Crippen LogP contribution in [0.1, 0.15) is 29.9 Å². The van der Waals surface area contributed by atoms with Crippen LogP contribution in [-0.2, 0) is 6.54 Å². The van der Waals surface area contributed by atoms with Gasteiger partial charge in [-0.3, -0.25) is 9.48 Å². The zero-order valence-electron chi connectivity index (χ0n) is 12.5. The van der Waals surface area contributed by atoms with Crippen molar-refractivity contribution < 1.29 is 4.79 Å². The van der Waals surface area contributed by atoms with Crippen molar-refractivity contribution >= 4 is 33.9 Å². The molecule has 8 heteroatoms. The maximum atomic E-state index is 12.3. The van der Waals surface area contributed by atoms with Crippen molar-refractivity contribution in [2.45, 2.75) is 26.8 Å². The van der Waals surface area contributed by atoms with E-state index in [1.54, 1.807) is 17.1 Å². The Hall–Kier alpha value is -2.09. The van der Waals surface area contributed by atoms with Crippen molar-refractivity contribution in [2.24, 2.45) is 0 Å². The molecule has 0 aliphatic rings. The van der Waals surface area contributed by atoms with Gasteiger partial charge >= 0.3 is 0 Å². The van der Waals surface area contributed by atoms with Crippen molar-refractivity contribution in [2.75, 3.05) is 29.5 Å². The van der Waals surface area contributed by atoms with Crippen molar-refractivity contribution in [3.05, 3.63) is 17.3 Å². The van der Waals surface area contributed by atoms with Crippen LogP contribution in [0.3, 0.4) is 0 Å². The summed E-state index contributed by atoms with van der Waals surface area (Å²) in [7, 11) is 1.94. The number of nitrogens with two attached hydrogens (primary N) is 1. The van der Waals surface area contributed by atoms with E-state index in [9.17, 15) is 4.79 Å². The summed E-state index contributed by atoms with van der Waals surface area (Å²) in [4.78, 5) is 18.9. The summed E-state index contributed by atoms with van der Waals surface area (Å²) in [6, 6.07) is 0. The molecule has 0 aromatic carbocycles. The molecule has 21 heavy (non-hydrogen) atoms. The lowest BCUT2D eigenvalue weighted by molar-refractivity contribution is 0.103. The predicted octanol–water partition coefficient (Wildman–Crippen LogP) is 2.04. The number of hydrogen-bond acceptors (Lipinski definition) is 6. The van der Waals surface area contributed by atoms with E-state index < -0.39 is 0 Å². The van der Waals surface area contributed by atoms with Gasteiger partial charge in [-0.25, -0.2) is 4.98 Å². The summed E-state index contributed by atoms with van der Waals surface area (Å²) >= 11 is 1.30. The third-order valence-electron chi connectivity index (χ3n) is 2.95. The minimum atomic E-state index is -0.253. The molecule has 0 aliphatic heterocycles. The SMILES string of the molecule is CCCN(C)c1nc(N)c(C(=O)Nc2cnn(CC)c2)s1. The first-order valence-electron chi connectivity index (χ1n) is 6.86.